The van der Waals surface area contributed by atoms with E-state index in [2.05, 4.69) is 11.3 Å². The summed E-state index contributed by atoms with van der Waals surface area (Å²) in [6.45, 7) is 6.28. The average molecular weight is 554 g/mol. The van der Waals surface area contributed by atoms with E-state index in [0.717, 1.165) is 26.1 Å². The first kappa shape index (κ1) is 29.0. The van der Waals surface area contributed by atoms with Crippen LogP contribution in [0, 0.1) is 17.8 Å². The van der Waals surface area contributed by atoms with Crippen LogP contribution < -0.4 is 4.72 Å². The Bertz CT molecular complexity index is 832. The lowest BCUT2D eigenvalue weighted by Crippen LogP contribution is -2.42. The van der Waals surface area contributed by atoms with Crippen molar-refractivity contribution in [1.29, 1.82) is 0 Å². The van der Waals surface area contributed by atoms with Gasteiger partial charge in [-0.2, -0.15) is 0 Å². The monoisotopic (exact) mass is 553 g/mol. The summed E-state index contributed by atoms with van der Waals surface area (Å²) in [5, 5.41) is -0.312. The van der Waals surface area contributed by atoms with Gasteiger partial charge in [0.05, 0.1) is 30.7 Å². The fraction of sp³-hybridized carbons (Fsp3) is 0.933. The van der Waals surface area contributed by atoms with Crippen molar-refractivity contribution < 1.29 is 27.4 Å². The zero-order valence-electron chi connectivity index (χ0n) is 23.3. The quantitative estimate of drug-likeness (QED) is 0.337. The lowest BCUT2D eigenvalue weighted by molar-refractivity contribution is -0.104. The summed E-state index contributed by atoms with van der Waals surface area (Å²) in [6, 6.07) is 0. The number of hydrogen-bond donors (Lipinski definition) is 1. The van der Waals surface area contributed by atoms with Crippen LogP contribution in [-0.4, -0.2) is 70.6 Å². The summed E-state index contributed by atoms with van der Waals surface area (Å²) in [5.41, 5.74) is 0. The highest BCUT2D eigenvalue weighted by Crippen LogP contribution is 2.37. The molecule has 7 nitrogen and oxygen atoms in total. The third-order valence-electron chi connectivity index (χ3n) is 9.86. The standard InChI is InChI=1S/C30H51NO6S/c1-2-22-13-15-26(16-14-22)38(32,33)31-18-25-17-27-30(36-25)29(35-20-24-11-7-4-8-12-24)28(37-27)21-34-19-23-9-5-3-6-10-23/h2,22-31H,1,3-21H2/t22?,25-,26?,27+,28-,29-,30-/m1/s1. The van der Waals surface area contributed by atoms with Crippen LogP contribution in [-0.2, 0) is 29.0 Å². The number of rotatable bonds is 12. The van der Waals surface area contributed by atoms with E-state index in [-0.39, 0.29) is 35.8 Å². The van der Waals surface area contributed by atoms with Crippen LogP contribution in [0.3, 0.4) is 0 Å². The molecule has 2 saturated heterocycles. The van der Waals surface area contributed by atoms with Crippen molar-refractivity contribution in [1.82, 2.24) is 4.72 Å². The van der Waals surface area contributed by atoms with E-state index in [1.165, 1.54) is 64.2 Å². The fourth-order valence-corrected chi connectivity index (χ4v) is 8.98. The second-order valence-electron chi connectivity index (χ2n) is 12.7. The zero-order chi connectivity index (χ0) is 26.4. The summed E-state index contributed by atoms with van der Waals surface area (Å²) in [7, 11) is -3.35. The predicted molar refractivity (Wildman–Crippen MR) is 149 cm³/mol. The van der Waals surface area contributed by atoms with Gasteiger partial charge in [0.2, 0.25) is 10.0 Å². The van der Waals surface area contributed by atoms with Gasteiger partial charge in [-0.15, -0.1) is 6.58 Å². The van der Waals surface area contributed by atoms with E-state index < -0.39 is 10.0 Å². The van der Waals surface area contributed by atoms with Gasteiger partial charge in [0.25, 0.3) is 0 Å². The molecule has 3 saturated carbocycles. The van der Waals surface area contributed by atoms with E-state index in [9.17, 15) is 8.42 Å². The molecule has 0 aromatic heterocycles. The molecule has 218 valence electrons. The maximum Gasteiger partial charge on any atom is 0.214 e. The van der Waals surface area contributed by atoms with Gasteiger partial charge in [-0.3, -0.25) is 0 Å². The van der Waals surface area contributed by atoms with Crippen molar-refractivity contribution in [3.63, 3.8) is 0 Å². The number of allylic oxidation sites excluding steroid dienone is 1. The first-order valence-corrected chi connectivity index (χ1v) is 17.2. The molecule has 5 aliphatic rings. The molecule has 0 bridgehead atoms. The second kappa shape index (κ2) is 13.9. The normalized spacial score (nSPS) is 37.3. The molecule has 5 rings (SSSR count). The predicted octanol–water partition coefficient (Wildman–Crippen LogP) is 5.14. The minimum Gasteiger partial charge on any atom is -0.378 e. The maximum absolute atomic E-state index is 13.0. The molecular weight excluding hydrogens is 502 g/mol. The molecule has 2 aliphatic heterocycles. The maximum atomic E-state index is 13.0. The summed E-state index contributed by atoms with van der Waals surface area (Å²) in [6.07, 6.45) is 18.1. The van der Waals surface area contributed by atoms with Gasteiger partial charge < -0.3 is 18.9 Å². The average Bonchev–Trinajstić information content (AvgIpc) is 3.49. The van der Waals surface area contributed by atoms with Crippen molar-refractivity contribution in [2.24, 2.45) is 17.8 Å². The van der Waals surface area contributed by atoms with Gasteiger partial charge in [0.1, 0.15) is 18.3 Å². The van der Waals surface area contributed by atoms with Gasteiger partial charge >= 0.3 is 0 Å². The van der Waals surface area contributed by atoms with Crippen LogP contribution in [0.25, 0.3) is 0 Å². The third-order valence-corrected chi connectivity index (χ3v) is 11.8. The minimum absolute atomic E-state index is 0.0628. The van der Waals surface area contributed by atoms with Crippen molar-refractivity contribution in [3.05, 3.63) is 12.7 Å². The molecule has 5 atom stereocenters. The van der Waals surface area contributed by atoms with Crippen LogP contribution in [0.5, 0.6) is 0 Å². The Morgan fingerprint density at radius 3 is 2.13 bits per heavy atom. The molecule has 0 unspecified atom stereocenters. The van der Waals surface area contributed by atoms with Crippen molar-refractivity contribution in [3.8, 4) is 0 Å². The molecule has 0 spiro atoms. The Morgan fingerprint density at radius 1 is 0.816 bits per heavy atom. The summed E-state index contributed by atoms with van der Waals surface area (Å²) in [4.78, 5) is 0. The number of nitrogens with one attached hydrogen (secondary N) is 1. The van der Waals surface area contributed by atoms with Crippen LogP contribution in [0.15, 0.2) is 12.7 Å². The lowest BCUT2D eigenvalue weighted by atomic mass is 9.89. The van der Waals surface area contributed by atoms with Gasteiger partial charge in [-0.1, -0.05) is 44.6 Å². The number of hydrogen-bond acceptors (Lipinski definition) is 6. The summed E-state index contributed by atoms with van der Waals surface area (Å²) < 4.78 is 54.4. The first-order chi connectivity index (χ1) is 18.5. The number of sulfonamides is 1. The minimum atomic E-state index is -3.35. The van der Waals surface area contributed by atoms with Gasteiger partial charge in [-0.25, -0.2) is 13.1 Å². The number of ether oxygens (including phenoxy) is 4. The molecule has 0 aromatic rings. The lowest BCUT2D eigenvalue weighted by Gasteiger charge is -2.29. The highest BCUT2D eigenvalue weighted by Gasteiger charge is 2.52. The molecule has 38 heavy (non-hydrogen) atoms. The van der Waals surface area contributed by atoms with Gasteiger partial charge in [-0.05, 0) is 69.1 Å². The molecule has 3 aliphatic carbocycles. The van der Waals surface area contributed by atoms with E-state index >= 15 is 0 Å². The highest BCUT2D eigenvalue weighted by molar-refractivity contribution is 7.90. The Hall–Kier alpha value is -0.510. The summed E-state index contributed by atoms with van der Waals surface area (Å²) >= 11 is 0. The second-order valence-corrected chi connectivity index (χ2v) is 14.7. The molecule has 8 heteroatoms. The molecule has 2 heterocycles. The van der Waals surface area contributed by atoms with Crippen LogP contribution >= 0.6 is 0 Å². The fourth-order valence-electron chi connectivity index (χ4n) is 7.43. The topological polar surface area (TPSA) is 83.1 Å². The van der Waals surface area contributed by atoms with Crippen molar-refractivity contribution >= 4 is 10.0 Å². The smallest absolute Gasteiger partial charge is 0.214 e. The molecule has 0 aromatic carbocycles. The van der Waals surface area contributed by atoms with Gasteiger partial charge in [0.15, 0.2) is 0 Å². The molecule has 5 fully saturated rings. The van der Waals surface area contributed by atoms with E-state index in [1.54, 1.807) is 0 Å². The largest absolute Gasteiger partial charge is 0.378 e. The Labute approximate surface area is 230 Å². The van der Waals surface area contributed by atoms with Crippen LogP contribution in [0.2, 0.25) is 0 Å². The van der Waals surface area contributed by atoms with Crippen LogP contribution in [0.1, 0.15) is 96.3 Å². The molecular formula is C30H51NO6S. The first-order valence-electron chi connectivity index (χ1n) is 15.6. The molecule has 0 amide bonds. The van der Waals surface area contributed by atoms with Crippen molar-refractivity contribution in [2.45, 2.75) is 132 Å². The third kappa shape index (κ3) is 7.61. The highest BCUT2D eigenvalue weighted by atomic mass is 32.2. The Kier molecular flexibility index (Phi) is 10.6. The molecule has 1 N–H and O–H groups in total. The summed E-state index contributed by atoms with van der Waals surface area (Å²) in [5.74, 6) is 1.74. The van der Waals surface area contributed by atoms with E-state index in [0.29, 0.717) is 50.2 Å². The Balaban J connectivity index is 1.12. The molecule has 0 radical (unpaired) electrons. The van der Waals surface area contributed by atoms with Crippen molar-refractivity contribution in [2.75, 3.05) is 26.4 Å². The van der Waals surface area contributed by atoms with E-state index in [1.807, 2.05) is 6.08 Å². The van der Waals surface area contributed by atoms with Crippen LogP contribution in [0.4, 0.5) is 0 Å². The van der Waals surface area contributed by atoms with E-state index in [4.69, 9.17) is 18.9 Å². The van der Waals surface area contributed by atoms with Gasteiger partial charge in [0, 0.05) is 19.6 Å². The zero-order valence-corrected chi connectivity index (χ0v) is 24.1. The number of fused-ring (bicyclic) bond motifs is 1. The SMILES string of the molecule is C=CC1CCC(S(=O)(=O)NC[C@H]2C[C@@H]3O[C@H](COCC4CCCCC4)[C@@H](OCC4CCCCC4)[C@@H]3O2)CC1. The Morgan fingerprint density at radius 2 is 1.47 bits per heavy atom.